The number of nitrogens with one attached hydrogen (secondary N) is 2. The molecule has 2 N–H and O–H groups in total. The molecule has 0 saturated heterocycles. The fraction of sp³-hybridized carbons (Fsp3) is 0.208. The number of carbonyl (C=O) groups excluding carboxylic acids is 1. The number of hydrogen-bond acceptors (Lipinski definition) is 5. The van der Waals surface area contributed by atoms with Gasteiger partial charge in [0.25, 0.3) is 5.91 Å². The van der Waals surface area contributed by atoms with E-state index in [1.807, 2.05) is 48.5 Å². The molecule has 0 saturated carbocycles. The van der Waals surface area contributed by atoms with Crippen molar-refractivity contribution < 1.29 is 14.3 Å². The fourth-order valence-electron chi connectivity index (χ4n) is 3.65. The van der Waals surface area contributed by atoms with Crippen LogP contribution in [0, 0.1) is 6.92 Å². The smallest absolute Gasteiger partial charge is 0.256 e. The summed E-state index contributed by atoms with van der Waals surface area (Å²) in [6.07, 6.45) is 2.02. The van der Waals surface area contributed by atoms with E-state index in [1.165, 1.54) is 6.20 Å². The minimum absolute atomic E-state index is 0.0560. The third-order valence-electron chi connectivity index (χ3n) is 5.28. The van der Waals surface area contributed by atoms with E-state index in [-0.39, 0.29) is 11.0 Å². The van der Waals surface area contributed by atoms with Crippen molar-refractivity contribution in [1.82, 2.24) is 20.1 Å². The summed E-state index contributed by atoms with van der Waals surface area (Å²) in [5.41, 5.74) is 2.63. The molecule has 2 heterocycles. The Bertz CT molecular complexity index is 1330. The molecule has 0 radical (unpaired) electrons. The fourth-order valence-corrected chi connectivity index (χ4v) is 3.65. The largest absolute Gasteiger partial charge is 0.493 e. The van der Waals surface area contributed by atoms with Crippen LogP contribution < -0.4 is 20.2 Å². The molecule has 0 unspecified atom stereocenters. The van der Waals surface area contributed by atoms with Gasteiger partial charge in [0.2, 0.25) is 5.43 Å². The number of amides is 1. The standard InChI is InChI=1S/C24H24N4O4/c1-15-21-22(29)18(14-26-23(21)28(27-15)17-7-5-4-6-8-17)24(30)25-12-11-16-9-10-19(31-2)20(13-16)32-3/h4-10,13-14H,11-12H2,1-3H3,(H,25,30)(H,26,29). The van der Waals surface area contributed by atoms with Gasteiger partial charge in [-0.05, 0) is 43.2 Å². The number of H-pyrrole nitrogens is 1. The van der Waals surface area contributed by atoms with Crippen molar-refractivity contribution in [2.45, 2.75) is 13.3 Å². The molecule has 8 heteroatoms. The second-order valence-electron chi connectivity index (χ2n) is 7.28. The van der Waals surface area contributed by atoms with E-state index in [0.717, 1.165) is 11.3 Å². The molecule has 0 fully saturated rings. The SMILES string of the molecule is COc1ccc(CCNC(=O)c2c[nH]c3c(c(C)nn3-c3ccccc3)c2=O)cc1OC. The van der Waals surface area contributed by atoms with Crippen molar-refractivity contribution in [3.05, 3.63) is 81.8 Å². The van der Waals surface area contributed by atoms with Gasteiger partial charge in [0, 0.05) is 12.7 Å². The quantitative estimate of drug-likeness (QED) is 0.468. The summed E-state index contributed by atoms with van der Waals surface area (Å²) in [4.78, 5) is 28.8. The predicted octanol–water partition coefficient (Wildman–Crippen LogP) is 3.01. The number of hydrogen-bond donors (Lipinski definition) is 2. The highest BCUT2D eigenvalue weighted by molar-refractivity contribution is 5.97. The second kappa shape index (κ2) is 8.97. The third kappa shape index (κ3) is 3.94. The number of fused-ring (bicyclic) bond motifs is 1. The van der Waals surface area contributed by atoms with Crippen molar-refractivity contribution in [2.75, 3.05) is 20.8 Å². The van der Waals surface area contributed by atoms with Crippen LogP contribution in [0.1, 0.15) is 21.6 Å². The Balaban J connectivity index is 1.53. The van der Waals surface area contributed by atoms with Crippen LogP contribution in [-0.2, 0) is 6.42 Å². The first kappa shape index (κ1) is 21.2. The lowest BCUT2D eigenvalue weighted by Crippen LogP contribution is -2.30. The number of benzene rings is 2. The first-order valence-corrected chi connectivity index (χ1v) is 10.2. The molecule has 8 nitrogen and oxygen atoms in total. The molecule has 4 aromatic rings. The van der Waals surface area contributed by atoms with Crippen LogP contribution in [0.5, 0.6) is 11.5 Å². The third-order valence-corrected chi connectivity index (χ3v) is 5.28. The predicted molar refractivity (Wildman–Crippen MR) is 122 cm³/mol. The molecule has 1 amide bonds. The van der Waals surface area contributed by atoms with E-state index in [2.05, 4.69) is 15.4 Å². The Morgan fingerprint density at radius 3 is 2.56 bits per heavy atom. The maximum Gasteiger partial charge on any atom is 0.256 e. The minimum Gasteiger partial charge on any atom is -0.493 e. The number of methoxy groups -OCH3 is 2. The molecular weight excluding hydrogens is 408 g/mol. The van der Waals surface area contributed by atoms with Crippen molar-refractivity contribution >= 4 is 16.9 Å². The monoisotopic (exact) mass is 432 g/mol. The van der Waals surface area contributed by atoms with Crippen LogP contribution in [0.25, 0.3) is 16.7 Å². The highest BCUT2D eigenvalue weighted by Crippen LogP contribution is 2.27. The lowest BCUT2D eigenvalue weighted by atomic mass is 10.1. The summed E-state index contributed by atoms with van der Waals surface area (Å²) in [5, 5.41) is 7.71. The summed E-state index contributed by atoms with van der Waals surface area (Å²) in [7, 11) is 3.16. The van der Waals surface area contributed by atoms with Crippen LogP contribution in [0.15, 0.2) is 59.5 Å². The van der Waals surface area contributed by atoms with Crippen molar-refractivity contribution in [3.63, 3.8) is 0 Å². The number of para-hydroxylation sites is 1. The van der Waals surface area contributed by atoms with Gasteiger partial charge in [-0.25, -0.2) is 4.68 Å². The van der Waals surface area contributed by atoms with Crippen molar-refractivity contribution in [3.8, 4) is 17.2 Å². The van der Waals surface area contributed by atoms with Gasteiger partial charge in [0.05, 0.1) is 31.0 Å². The molecule has 164 valence electrons. The molecule has 0 atom stereocenters. The first-order chi connectivity index (χ1) is 15.5. The Morgan fingerprint density at radius 1 is 1.09 bits per heavy atom. The molecule has 4 rings (SSSR count). The average molecular weight is 432 g/mol. The second-order valence-corrected chi connectivity index (χ2v) is 7.28. The van der Waals surface area contributed by atoms with Gasteiger partial charge in [-0.3, -0.25) is 9.59 Å². The average Bonchev–Trinajstić information content (AvgIpc) is 3.16. The maximum absolute atomic E-state index is 13.1. The highest BCUT2D eigenvalue weighted by atomic mass is 16.5. The normalized spacial score (nSPS) is 10.8. The Morgan fingerprint density at radius 2 is 1.84 bits per heavy atom. The van der Waals surface area contributed by atoms with Gasteiger partial charge in [-0.2, -0.15) is 5.10 Å². The van der Waals surface area contributed by atoms with E-state index < -0.39 is 5.91 Å². The lowest BCUT2D eigenvalue weighted by Gasteiger charge is -2.10. The topological polar surface area (TPSA) is 98.2 Å². The molecule has 0 spiro atoms. The lowest BCUT2D eigenvalue weighted by molar-refractivity contribution is 0.0953. The Hall–Kier alpha value is -4.07. The number of aryl methyl sites for hydroxylation is 1. The van der Waals surface area contributed by atoms with Crippen molar-refractivity contribution in [2.24, 2.45) is 0 Å². The van der Waals surface area contributed by atoms with E-state index in [1.54, 1.807) is 25.8 Å². The van der Waals surface area contributed by atoms with E-state index in [9.17, 15) is 9.59 Å². The Kier molecular flexibility index (Phi) is 5.93. The summed E-state index contributed by atoms with van der Waals surface area (Å²) < 4.78 is 12.2. The van der Waals surface area contributed by atoms with Gasteiger partial charge in [-0.1, -0.05) is 24.3 Å². The summed E-state index contributed by atoms with van der Waals surface area (Å²) >= 11 is 0. The summed E-state index contributed by atoms with van der Waals surface area (Å²) in [6, 6.07) is 15.1. The molecule has 2 aromatic carbocycles. The number of ether oxygens (including phenoxy) is 2. The van der Waals surface area contributed by atoms with Crippen LogP contribution in [0.3, 0.4) is 0 Å². The number of aromatic nitrogens is 3. The zero-order valence-corrected chi connectivity index (χ0v) is 18.1. The zero-order chi connectivity index (χ0) is 22.7. The molecule has 0 aliphatic rings. The van der Waals surface area contributed by atoms with Gasteiger partial charge in [0.1, 0.15) is 11.2 Å². The Labute approximate surface area is 184 Å². The molecule has 32 heavy (non-hydrogen) atoms. The van der Waals surface area contributed by atoms with Crippen LogP contribution in [-0.4, -0.2) is 41.4 Å². The zero-order valence-electron chi connectivity index (χ0n) is 18.1. The minimum atomic E-state index is -0.430. The van der Waals surface area contributed by atoms with Gasteiger partial charge >= 0.3 is 0 Å². The molecule has 2 aromatic heterocycles. The molecular formula is C24H24N4O4. The number of rotatable bonds is 7. The number of nitrogens with zero attached hydrogens (tertiary/aromatic N) is 2. The molecule has 0 aliphatic carbocycles. The van der Waals surface area contributed by atoms with E-state index in [4.69, 9.17) is 9.47 Å². The number of aromatic amines is 1. The molecule has 0 bridgehead atoms. The van der Waals surface area contributed by atoms with Gasteiger partial charge < -0.3 is 19.8 Å². The highest BCUT2D eigenvalue weighted by Gasteiger charge is 2.18. The molecule has 0 aliphatic heterocycles. The van der Waals surface area contributed by atoms with Crippen LogP contribution >= 0.6 is 0 Å². The number of carbonyl (C=O) groups is 1. The van der Waals surface area contributed by atoms with Crippen molar-refractivity contribution in [1.29, 1.82) is 0 Å². The van der Waals surface area contributed by atoms with Gasteiger partial charge in [0.15, 0.2) is 11.5 Å². The summed E-state index contributed by atoms with van der Waals surface area (Å²) in [5.74, 6) is 0.844. The van der Waals surface area contributed by atoms with E-state index in [0.29, 0.717) is 41.2 Å². The number of pyridine rings is 1. The maximum atomic E-state index is 13.1. The summed E-state index contributed by atoms with van der Waals surface area (Å²) in [6.45, 7) is 2.13. The van der Waals surface area contributed by atoms with Crippen LogP contribution in [0.4, 0.5) is 0 Å². The van der Waals surface area contributed by atoms with Crippen LogP contribution in [0.2, 0.25) is 0 Å². The first-order valence-electron chi connectivity index (χ1n) is 10.2. The van der Waals surface area contributed by atoms with E-state index >= 15 is 0 Å². The van der Waals surface area contributed by atoms with Gasteiger partial charge in [-0.15, -0.1) is 0 Å².